The fourth-order valence-electron chi connectivity index (χ4n) is 1.86. The lowest BCUT2D eigenvalue weighted by Gasteiger charge is -2.14. The van der Waals surface area contributed by atoms with Crippen LogP contribution >= 0.6 is 11.3 Å². The van der Waals surface area contributed by atoms with Crippen molar-refractivity contribution in [3.8, 4) is 0 Å². The molecule has 0 radical (unpaired) electrons. The lowest BCUT2D eigenvalue weighted by molar-refractivity contribution is 0.785. The Morgan fingerprint density at radius 2 is 2.31 bits per heavy atom. The van der Waals surface area contributed by atoms with E-state index >= 15 is 0 Å². The molecule has 1 fully saturated rings. The second-order valence-corrected chi connectivity index (χ2v) is 5.56. The molecule has 0 saturated heterocycles. The molecule has 1 saturated carbocycles. The Morgan fingerprint density at radius 1 is 1.50 bits per heavy atom. The molecule has 0 unspecified atom stereocenters. The Balaban J connectivity index is 1.91. The second kappa shape index (κ2) is 3.63. The third-order valence-corrected chi connectivity index (χ3v) is 4.09. The zero-order valence-electron chi connectivity index (χ0n) is 9.31. The molecule has 0 spiro atoms. The van der Waals surface area contributed by atoms with Gasteiger partial charge in [-0.15, -0.1) is 0 Å². The van der Waals surface area contributed by atoms with E-state index in [0.717, 1.165) is 28.8 Å². The number of nitrogen functional groups attached to an aromatic ring is 1. The van der Waals surface area contributed by atoms with Crippen LogP contribution in [0, 0.1) is 5.92 Å². The highest BCUT2D eigenvalue weighted by molar-refractivity contribution is 7.22. The molecule has 1 aromatic heterocycles. The summed E-state index contributed by atoms with van der Waals surface area (Å²) in [5.74, 6) is 0.891. The SMILES string of the molecule is CN(CC1CC1)c1nc2ccc(N)cc2s1. The quantitative estimate of drug-likeness (QED) is 0.829. The van der Waals surface area contributed by atoms with Crippen LogP contribution in [0.25, 0.3) is 10.2 Å². The number of anilines is 2. The molecule has 3 nitrogen and oxygen atoms in total. The van der Waals surface area contributed by atoms with Crippen molar-refractivity contribution in [2.45, 2.75) is 12.8 Å². The summed E-state index contributed by atoms with van der Waals surface area (Å²) < 4.78 is 1.18. The van der Waals surface area contributed by atoms with Crippen LogP contribution in [0.4, 0.5) is 10.8 Å². The van der Waals surface area contributed by atoms with Crippen molar-refractivity contribution >= 4 is 32.4 Å². The van der Waals surface area contributed by atoms with E-state index in [9.17, 15) is 0 Å². The number of fused-ring (bicyclic) bond motifs is 1. The Morgan fingerprint density at radius 3 is 3.06 bits per heavy atom. The van der Waals surface area contributed by atoms with E-state index in [0.29, 0.717) is 0 Å². The van der Waals surface area contributed by atoms with Crippen LogP contribution in [0.1, 0.15) is 12.8 Å². The first-order valence-corrected chi connectivity index (χ1v) is 6.41. The molecule has 4 heteroatoms. The summed E-state index contributed by atoms with van der Waals surface area (Å²) in [5.41, 5.74) is 7.63. The molecular formula is C12H15N3S. The van der Waals surface area contributed by atoms with Crippen LogP contribution < -0.4 is 10.6 Å². The molecule has 84 valence electrons. The van der Waals surface area contributed by atoms with E-state index in [1.54, 1.807) is 11.3 Å². The molecule has 0 bridgehead atoms. The second-order valence-electron chi connectivity index (χ2n) is 4.55. The molecule has 1 heterocycles. The molecule has 0 aliphatic heterocycles. The molecule has 2 aromatic rings. The minimum Gasteiger partial charge on any atom is -0.399 e. The summed E-state index contributed by atoms with van der Waals surface area (Å²) in [6.07, 6.45) is 2.75. The normalized spacial score (nSPS) is 15.6. The summed E-state index contributed by atoms with van der Waals surface area (Å²) in [7, 11) is 2.12. The van der Waals surface area contributed by atoms with Crippen molar-refractivity contribution in [3.05, 3.63) is 18.2 Å². The monoisotopic (exact) mass is 233 g/mol. The predicted octanol–water partition coefficient (Wildman–Crippen LogP) is 2.72. The van der Waals surface area contributed by atoms with Crippen molar-refractivity contribution in [2.24, 2.45) is 5.92 Å². The van der Waals surface area contributed by atoms with Crippen LogP contribution in [-0.2, 0) is 0 Å². The zero-order chi connectivity index (χ0) is 11.1. The van der Waals surface area contributed by atoms with E-state index in [1.165, 1.54) is 17.5 Å². The third-order valence-electron chi connectivity index (χ3n) is 2.96. The maximum absolute atomic E-state index is 5.77. The molecule has 0 atom stereocenters. The molecule has 1 aliphatic carbocycles. The van der Waals surface area contributed by atoms with Crippen molar-refractivity contribution in [3.63, 3.8) is 0 Å². The number of hydrogen-bond donors (Lipinski definition) is 1. The lowest BCUT2D eigenvalue weighted by atomic mass is 10.3. The molecular weight excluding hydrogens is 218 g/mol. The standard InChI is InChI=1S/C12H15N3S/c1-15(7-8-2-3-8)12-14-10-5-4-9(13)6-11(10)16-12/h4-6,8H,2-3,7,13H2,1H3. The van der Waals surface area contributed by atoms with Gasteiger partial charge in [-0.25, -0.2) is 4.98 Å². The van der Waals surface area contributed by atoms with Gasteiger partial charge in [0, 0.05) is 19.3 Å². The van der Waals surface area contributed by atoms with E-state index < -0.39 is 0 Å². The maximum Gasteiger partial charge on any atom is 0.186 e. The van der Waals surface area contributed by atoms with Crippen LogP contribution in [0.5, 0.6) is 0 Å². The fourth-order valence-corrected chi connectivity index (χ4v) is 2.84. The Labute approximate surface area is 98.9 Å². The first kappa shape index (κ1) is 9.90. The number of nitrogens with zero attached hydrogens (tertiary/aromatic N) is 2. The molecule has 1 aromatic carbocycles. The summed E-state index contributed by atoms with van der Waals surface area (Å²) in [4.78, 5) is 6.89. The van der Waals surface area contributed by atoms with Gasteiger partial charge < -0.3 is 10.6 Å². The van der Waals surface area contributed by atoms with Crippen molar-refractivity contribution in [2.75, 3.05) is 24.2 Å². The highest BCUT2D eigenvalue weighted by Gasteiger charge is 2.23. The minimum absolute atomic E-state index is 0.813. The van der Waals surface area contributed by atoms with Gasteiger partial charge in [-0.2, -0.15) is 0 Å². The van der Waals surface area contributed by atoms with Gasteiger partial charge in [0.2, 0.25) is 0 Å². The van der Waals surface area contributed by atoms with E-state index in [-0.39, 0.29) is 0 Å². The van der Waals surface area contributed by atoms with Gasteiger partial charge in [-0.05, 0) is 37.0 Å². The van der Waals surface area contributed by atoms with E-state index in [4.69, 9.17) is 5.73 Å². The third kappa shape index (κ3) is 1.85. The number of thiazole rings is 1. The molecule has 16 heavy (non-hydrogen) atoms. The van der Waals surface area contributed by atoms with Crippen LogP contribution in [0.2, 0.25) is 0 Å². The zero-order valence-corrected chi connectivity index (χ0v) is 10.1. The first-order chi connectivity index (χ1) is 7.72. The highest BCUT2D eigenvalue weighted by Crippen LogP contribution is 2.34. The largest absolute Gasteiger partial charge is 0.399 e. The Hall–Kier alpha value is -1.29. The Bertz CT molecular complexity index is 516. The van der Waals surface area contributed by atoms with Crippen molar-refractivity contribution < 1.29 is 0 Å². The minimum atomic E-state index is 0.813. The summed E-state index contributed by atoms with van der Waals surface area (Å²) >= 11 is 1.72. The van der Waals surface area contributed by atoms with Gasteiger partial charge in [0.05, 0.1) is 10.2 Å². The lowest BCUT2D eigenvalue weighted by Crippen LogP contribution is -2.19. The van der Waals surface area contributed by atoms with Crippen LogP contribution in [-0.4, -0.2) is 18.6 Å². The average Bonchev–Trinajstić information content (AvgIpc) is 2.95. The molecule has 1 aliphatic rings. The number of hydrogen-bond acceptors (Lipinski definition) is 4. The number of benzene rings is 1. The fraction of sp³-hybridized carbons (Fsp3) is 0.417. The van der Waals surface area contributed by atoms with Crippen molar-refractivity contribution in [1.29, 1.82) is 0 Å². The molecule has 2 N–H and O–H groups in total. The number of nitrogens with two attached hydrogens (primary N) is 1. The number of rotatable bonds is 3. The van der Waals surface area contributed by atoms with Gasteiger partial charge >= 0.3 is 0 Å². The predicted molar refractivity (Wildman–Crippen MR) is 70.0 cm³/mol. The summed E-state index contributed by atoms with van der Waals surface area (Å²) in [6, 6.07) is 5.91. The first-order valence-electron chi connectivity index (χ1n) is 5.59. The maximum atomic E-state index is 5.77. The Kier molecular flexibility index (Phi) is 2.24. The summed E-state index contributed by atoms with van der Waals surface area (Å²) in [6.45, 7) is 1.13. The summed E-state index contributed by atoms with van der Waals surface area (Å²) in [5, 5.41) is 1.10. The van der Waals surface area contributed by atoms with E-state index in [2.05, 4.69) is 16.9 Å². The average molecular weight is 233 g/mol. The van der Waals surface area contributed by atoms with Gasteiger partial charge in [0.15, 0.2) is 5.13 Å². The number of aromatic nitrogens is 1. The van der Waals surface area contributed by atoms with Crippen molar-refractivity contribution in [1.82, 2.24) is 4.98 Å². The van der Waals surface area contributed by atoms with Gasteiger partial charge in [-0.3, -0.25) is 0 Å². The van der Waals surface area contributed by atoms with Gasteiger partial charge in [0.1, 0.15) is 0 Å². The van der Waals surface area contributed by atoms with E-state index in [1.807, 2.05) is 18.2 Å². The van der Waals surface area contributed by atoms with Crippen LogP contribution in [0.3, 0.4) is 0 Å². The van der Waals surface area contributed by atoms with Gasteiger partial charge in [0.25, 0.3) is 0 Å². The smallest absolute Gasteiger partial charge is 0.186 e. The molecule has 3 rings (SSSR count). The topological polar surface area (TPSA) is 42.2 Å². The van der Waals surface area contributed by atoms with Crippen LogP contribution in [0.15, 0.2) is 18.2 Å². The molecule has 0 amide bonds. The highest BCUT2D eigenvalue weighted by atomic mass is 32.1. The van der Waals surface area contributed by atoms with Gasteiger partial charge in [-0.1, -0.05) is 11.3 Å².